The second-order valence-corrected chi connectivity index (χ2v) is 1.61. The minimum atomic E-state index is 0.794. The zero-order valence-electron chi connectivity index (χ0n) is 3.57. The van der Waals surface area contributed by atoms with E-state index in [-0.39, 0.29) is 0 Å². The number of rotatable bonds is 0. The van der Waals surface area contributed by atoms with Gasteiger partial charge in [0.25, 0.3) is 0 Å². The Kier molecular flexibility index (Phi) is 1.26. The highest BCUT2D eigenvalue weighted by molar-refractivity contribution is 7.80. The van der Waals surface area contributed by atoms with E-state index in [0.717, 1.165) is 4.90 Å². The second kappa shape index (κ2) is 1.93. The van der Waals surface area contributed by atoms with Crippen LogP contribution in [-0.2, 0) is 0 Å². The normalized spacial score (nSPS) is 8.71. The molecule has 0 aromatic carbocycles. The largest absolute Gasteiger partial charge is 0.244 e. The Morgan fingerprint density at radius 2 is 1.86 bits per heavy atom. The third kappa shape index (κ3) is 1.16. The summed E-state index contributed by atoms with van der Waals surface area (Å²) in [5.74, 6) is 0. The number of thiol groups is 1. The van der Waals surface area contributed by atoms with Gasteiger partial charge >= 0.3 is 0 Å². The fraction of sp³-hybridized carbons (Fsp3) is 0. The van der Waals surface area contributed by atoms with Crippen molar-refractivity contribution in [2.45, 2.75) is 4.90 Å². The summed E-state index contributed by atoms with van der Waals surface area (Å²) in [6.45, 7) is 0. The summed E-state index contributed by atoms with van der Waals surface area (Å²) in [7, 11) is 0. The first kappa shape index (κ1) is 4.59. The van der Waals surface area contributed by atoms with Gasteiger partial charge in [0, 0.05) is 17.3 Å². The Hall–Kier alpha value is -0.570. The molecule has 0 saturated heterocycles. The van der Waals surface area contributed by atoms with E-state index < -0.39 is 0 Å². The maximum absolute atomic E-state index is 3.96. The first-order valence-electron chi connectivity index (χ1n) is 1.83. The molecular weight excluding hydrogens is 108 g/mol. The van der Waals surface area contributed by atoms with Crippen molar-refractivity contribution in [1.82, 2.24) is 9.97 Å². The van der Waals surface area contributed by atoms with E-state index in [2.05, 4.69) is 22.6 Å². The summed E-state index contributed by atoms with van der Waals surface area (Å²) in [6, 6.07) is 0. The molecule has 0 spiro atoms. The van der Waals surface area contributed by atoms with Crippen molar-refractivity contribution < 1.29 is 0 Å². The molecule has 0 aliphatic carbocycles. The average molecular weight is 112 g/mol. The van der Waals surface area contributed by atoms with E-state index in [9.17, 15) is 0 Å². The van der Waals surface area contributed by atoms with E-state index in [1.807, 2.05) is 0 Å². The van der Waals surface area contributed by atoms with Gasteiger partial charge in [0.15, 0.2) is 0 Å². The number of nitrogens with zero attached hydrogens (tertiary/aromatic N) is 2. The topological polar surface area (TPSA) is 25.8 Å². The third-order valence-electron chi connectivity index (χ3n) is 0.547. The van der Waals surface area contributed by atoms with Gasteiger partial charge in [0.05, 0.1) is 0 Å². The van der Waals surface area contributed by atoms with Gasteiger partial charge in [-0.2, -0.15) is 0 Å². The lowest BCUT2D eigenvalue weighted by atomic mass is 10.7. The zero-order chi connectivity index (χ0) is 5.11. The van der Waals surface area contributed by atoms with E-state index in [0.29, 0.717) is 0 Å². The maximum atomic E-state index is 3.96. The van der Waals surface area contributed by atoms with E-state index in [1.165, 1.54) is 6.33 Å². The quantitative estimate of drug-likeness (QED) is 0.501. The van der Waals surface area contributed by atoms with Crippen LogP contribution in [0.5, 0.6) is 0 Å². The number of aromatic nitrogens is 2. The minimum Gasteiger partial charge on any atom is -0.244 e. The van der Waals surface area contributed by atoms with Crippen LogP contribution in [0.1, 0.15) is 0 Å². The average Bonchev–Trinajstić information content (AvgIpc) is 1.69. The maximum Gasteiger partial charge on any atom is 0.115 e. The van der Waals surface area contributed by atoms with Crippen molar-refractivity contribution >= 4 is 12.6 Å². The number of hydrogen-bond acceptors (Lipinski definition) is 3. The van der Waals surface area contributed by atoms with Crippen molar-refractivity contribution in [2.24, 2.45) is 0 Å². The number of hydrogen-bond donors (Lipinski definition) is 1. The van der Waals surface area contributed by atoms with Gasteiger partial charge in [0.1, 0.15) is 6.33 Å². The predicted molar refractivity (Wildman–Crippen MR) is 29.3 cm³/mol. The highest BCUT2D eigenvalue weighted by atomic mass is 32.1. The molecular formula is C4H4N2S. The lowest BCUT2D eigenvalue weighted by Gasteiger charge is -1.80. The summed E-state index contributed by atoms with van der Waals surface area (Å²) < 4.78 is 0. The van der Waals surface area contributed by atoms with Gasteiger partial charge < -0.3 is 0 Å². The Morgan fingerprint density at radius 3 is 2.14 bits per heavy atom. The van der Waals surface area contributed by atoms with E-state index in [1.54, 1.807) is 12.4 Å². The fourth-order valence-corrected chi connectivity index (χ4v) is 0.425. The van der Waals surface area contributed by atoms with Crippen LogP contribution < -0.4 is 0 Å². The van der Waals surface area contributed by atoms with Gasteiger partial charge in [-0.1, -0.05) is 0 Å². The smallest absolute Gasteiger partial charge is 0.115 e. The molecule has 0 N–H and O–H groups in total. The predicted octanol–water partition coefficient (Wildman–Crippen LogP) is 0.765. The fourth-order valence-electron chi connectivity index (χ4n) is 0.291. The monoisotopic (exact) mass is 112 g/mol. The zero-order valence-corrected chi connectivity index (χ0v) is 4.47. The van der Waals surface area contributed by atoms with Crippen molar-refractivity contribution in [3.8, 4) is 0 Å². The van der Waals surface area contributed by atoms with Crippen LogP contribution in [0.25, 0.3) is 0 Å². The molecule has 2 nitrogen and oxygen atoms in total. The molecule has 0 atom stereocenters. The summed E-state index contributed by atoms with van der Waals surface area (Å²) in [4.78, 5) is 8.19. The Balaban J connectivity index is 3.02. The minimum absolute atomic E-state index is 0.794. The van der Waals surface area contributed by atoms with Crippen LogP contribution in [-0.4, -0.2) is 9.97 Å². The van der Waals surface area contributed by atoms with Crippen LogP contribution in [0.15, 0.2) is 23.6 Å². The van der Waals surface area contributed by atoms with Crippen LogP contribution >= 0.6 is 12.6 Å². The molecule has 0 amide bonds. The SMILES string of the molecule is Sc1cncnc1. The van der Waals surface area contributed by atoms with Gasteiger partial charge in [0.2, 0.25) is 0 Å². The molecule has 1 rings (SSSR count). The lowest BCUT2D eigenvalue weighted by molar-refractivity contribution is 1.10. The molecule has 0 saturated carbocycles. The van der Waals surface area contributed by atoms with Crippen molar-refractivity contribution in [2.75, 3.05) is 0 Å². The van der Waals surface area contributed by atoms with Gasteiger partial charge in [-0.3, -0.25) is 0 Å². The second-order valence-electron chi connectivity index (χ2n) is 1.10. The standard InChI is InChI=1S/C4H4N2S/c7-4-1-5-3-6-2-4/h1-3,7H. The van der Waals surface area contributed by atoms with Gasteiger partial charge in [-0.15, -0.1) is 12.6 Å². The van der Waals surface area contributed by atoms with Crippen LogP contribution in [0, 0.1) is 0 Å². The molecule has 7 heavy (non-hydrogen) atoms. The molecule has 0 fully saturated rings. The first-order chi connectivity index (χ1) is 3.39. The summed E-state index contributed by atoms with van der Waals surface area (Å²) >= 11 is 3.96. The summed E-state index contributed by atoms with van der Waals surface area (Å²) in [6.07, 6.45) is 4.74. The molecule has 1 aromatic rings. The van der Waals surface area contributed by atoms with Gasteiger partial charge in [-0.25, -0.2) is 9.97 Å². The molecule has 0 aliphatic heterocycles. The molecule has 3 heteroatoms. The molecule has 1 heterocycles. The third-order valence-corrected chi connectivity index (χ3v) is 0.778. The molecule has 0 bridgehead atoms. The van der Waals surface area contributed by atoms with E-state index >= 15 is 0 Å². The van der Waals surface area contributed by atoms with Crippen molar-refractivity contribution in [3.05, 3.63) is 18.7 Å². The molecule has 36 valence electrons. The highest BCUT2D eigenvalue weighted by Gasteiger charge is 1.75. The Bertz CT molecular complexity index is 140. The highest BCUT2D eigenvalue weighted by Crippen LogP contribution is 1.95. The Labute approximate surface area is 47.0 Å². The van der Waals surface area contributed by atoms with Crippen molar-refractivity contribution in [3.63, 3.8) is 0 Å². The first-order valence-corrected chi connectivity index (χ1v) is 2.28. The molecule has 0 unspecified atom stereocenters. The Morgan fingerprint density at radius 1 is 1.29 bits per heavy atom. The summed E-state index contributed by atoms with van der Waals surface area (Å²) in [5.41, 5.74) is 0. The van der Waals surface area contributed by atoms with Crippen LogP contribution in [0.4, 0.5) is 0 Å². The molecule has 0 aliphatic rings. The lowest BCUT2D eigenvalue weighted by Crippen LogP contribution is -1.72. The van der Waals surface area contributed by atoms with E-state index in [4.69, 9.17) is 0 Å². The summed E-state index contributed by atoms with van der Waals surface area (Å²) in [5, 5.41) is 0. The van der Waals surface area contributed by atoms with Crippen LogP contribution in [0.2, 0.25) is 0 Å². The molecule has 1 aromatic heterocycles. The van der Waals surface area contributed by atoms with Crippen molar-refractivity contribution in [1.29, 1.82) is 0 Å². The van der Waals surface area contributed by atoms with Crippen LogP contribution in [0.3, 0.4) is 0 Å². The van der Waals surface area contributed by atoms with Gasteiger partial charge in [-0.05, 0) is 0 Å². The molecule has 0 radical (unpaired) electrons.